The first-order chi connectivity index (χ1) is 8.66. The molecule has 0 radical (unpaired) electrons. The molecule has 0 spiro atoms. The fourth-order valence-electron chi connectivity index (χ4n) is 1.67. The van der Waals surface area contributed by atoms with Crippen LogP contribution in [0, 0.1) is 0 Å². The van der Waals surface area contributed by atoms with Gasteiger partial charge in [0.25, 0.3) is 0 Å². The lowest BCUT2D eigenvalue weighted by molar-refractivity contribution is -0.145. The maximum absolute atomic E-state index is 11.4. The van der Waals surface area contributed by atoms with Gasteiger partial charge >= 0.3 is 12.1 Å². The maximum atomic E-state index is 11.4. The molecule has 0 bridgehead atoms. The zero-order valence-electron chi connectivity index (χ0n) is 10.0. The molecule has 0 aliphatic carbocycles. The molecule has 0 aromatic rings. The highest BCUT2D eigenvalue weighted by Gasteiger charge is 2.35. The van der Waals surface area contributed by atoms with E-state index < -0.39 is 18.2 Å². The molecule has 2 heterocycles. The normalized spacial score (nSPS) is 27.3. The van der Waals surface area contributed by atoms with Crippen molar-refractivity contribution in [2.75, 3.05) is 19.8 Å². The van der Waals surface area contributed by atoms with E-state index in [2.05, 4.69) is 4.74 Å². The van der Waals surface area contributed by atoms with Crippen molar-refractivity contribution >= 4 is 12.1 Å². The number of hydrogen-bond acceptors (Lipinski definition) is 7. The van der Waals surface area contributed by atoms with Crippen molar-refractivity contribution in [1.29, 1.82) is 0 Å². The summed E-state index contributed by atoms with van der Waals surface area (Å²) in [5, 5.41) is 0. The largest absolute Gasteiger partial charge is 0.508 e. The highest BCUT2D eigenvalue weighted by atomic mass is 16.8. The van der Waals surface area contributed by atoms with Gasteiger partial charge in [-0.1, -0.05) is 0 Å². The highest BCUT2D eigenvalue weighted by Crippen LogP contribution is 2.14. The maximum Gasteiger partial charge on any atom is 0.508 e. The van der Waals surface area contributed by atoms with Crippen LogP contribution in [-0.4, -0.2) is 50.2 Å². The highest BCUT2D eigenvalue weighted by molar-refractivity contribution is 5.76. The van der Waals surface area contributed by atoms with Gasteiger partial charge < -0.3 is 24.7 Å². The molecule has 0 amide bonds. The zero-order valence-corrected chi connectivity index (χ0v) is 10.0. The summed E-state index contributed by atoms with van der Waals surface area (Å²) in [4.78, 5) is 22.0. The predicted octanol–water partition coefficient (Wildman–Crippen LogP) is -0.0386. The van der Waals surface area contributed by atoms with Crippen molar-refractivity contribution in [1.82, 2.24) is 0 Å². The van der Waals surface area contributed by atoms with E-state index in [4.69, 9.17) is 19.9 Å². The quantitative estimate of drug-likeness (QED) is 0.389. The summed E-state index contributed by atoms with van der Waals surface area (Å²) >= 11 is 0. The van der Waals surface area contributed by atoms with E-state index in [1.807, 2.05) is 0 Å². The summed E-state index contributed by atoms with van der Waals surface area (Å²) in [6.07, 6.45) is 1.26. The Morgan fingerprint density at radius 1 is 1.44 bits per heavy atom. The molecule has 0 saturated carbocycles. The molecular weight excluding hydrogens is 242 g/mol. The number of hydrogen-bond donors (Lipinski definition) is 1. The first kappa shape index (κ1) is 13.1. The van der Waals surface area contributed by atoms with Gasteiger partial charge in [0.2, 0.25) is 0 Å². The Balaban J connectivity index is 1.48. The number of esters is 1. The molecule has 3 atom stereocenters. The number of cyclic esters (lactones) is 2. The van der Waals surface area contributed by atoms with Crippen LogP contribution in [0.15, 0.2) is 0 Å². The molecule has 0 aromatic heterocycles. The lowest BCUT2D eigenvalue weighted by Gasteiger charge is -2.09. The van der Waals surface area contributed by atoms with Gasteiger partial charge in [-0.3, -0.25) is 4.79 Å². The molecular formula is C11H17NO6. The van der Waals surface area contributed by atoms with Gasteiger partial charge in [0.1, 0.15) is 24.9 Å². The van der Waals surface area contributed by atoms with Gasteiger partial charge in [-0.2, -0.15) is 0 Å². The Morgan fingerprint density at radius 2 is 2.22 bits per heavy atom. The van der Waals surface area contributed by atoms with Crippen LogP contribution in [0.5, 0.6) is 0 Å². The lowest BCUT2D eigenvalue weighted by Crippen LogP contribution is -2.37. The van der Waals surface area contributed by atoms with E-state index in [0.717, 1.165) is 6.42 Å². The molecule has 7 heteroatoms. The van der Waals surface area contributed by atoms with Gasteiger partial charge in [0.05, 0.1) is 13.2 Å². The van der Waals surface area contributed by atoms with Crippen LogP contribution in [0.3, 0.4) is 0 Å². The van der Waals surface area contributed by atoms with Crippen LogP contribution in [-0.2, 0) is 23.7 Å². The van der Waals surface area contributed by atoms with E-state index in [9.17, 15) is 9.59 Å². The molecule has 2 rings (SSSR count). The summed E-state index contributed by atoms with van der Waals surface area (Å²) in [5.74, 6) is -0.423. The number of unbranched alkanes of at least 4 members (excludes halogenated alkanes) is 1. The minimum atomic E-state index is -0.672. The first-order valence-electron chi connectivity index (χ1n) is 6.04. The van der Waals surface area contributed by atoms with E-state index >= 15 is 0 Å². The van der Waals surface area contributed by atoms with Gasteiger partial charge in [-0.05, 0) is 19.3 Å². The van der Waals surface area contributed by atoms with Crippen LogP contribution in [0.25, 0.3) is 0 Å². The summed E-state index contributed by atoms with van der Waals surface area (Å²) in [6, 6.07) is -0.672. The molecule has 2 saturated heterocycles. The third-order valence-electron chi connectivity index (χ3n) is 2.85. The minimum absolute atomic E-state index is 0.171. The zero-order chi connectivity index (χ0) is 13.0. The Morgan fingerprint density at radius 3 is 2.83 bits per heavy atom. The van der Waals surface area contributed by atoms with Crippen molar-refractivity contribution < 1.29 is 28.5 Å². The van der Waals surface area contributed by atoms with Crippen LogP contribution in [0.4, 0.5) is 4.79 Å². The molecule has 2 fully saturated rings. The summed E-state index contributed by atoms with van der Waals surface area (Å²) in [6.45, 7) is 1.16. The van der Waals surface area contributed by atoms with Crippen molar-refractivity contribution in [3.8, 4) is 0 Å². The Kier molecular flexibility index (Phi) is 4.38. The number of rotatable bonds is 7. The second kappa shape index (κ2) is 6.01. The average molecular weight is 259 g/mol. The molecule has 2 aliphatic rings. The number of carbonyl (C=O) groups excluding carboxylic acids is 2. The SMILES string of the molecule is NC(C(=O)OCCCCC1COC(=O)O1)C1CO1. The monoisotopic (exact) mass is 259 g/mol. The van der Waals surface area contributed by atoms with E-state index in [-0.39, 0.29) is 12.2 Å². The third-order valence-corrected chi connectivity index (χ3v) is 2.85. The van der Waals surface area contributed by atoms with Crippen LogP contribution >= 0.6 is 0 Å². The van der Waals surface area contributed by atoms with Gasteiger partial charge in [-0.25, -0.2) is 4.79 Å². The second-order valence-electron chi connectivity index (χ2n) is 4.36. The number of ether oxygens (including phenoxy) is 4. The van der Waals surface area contributed by atoms with E-state index in [0.29, 0.717) is 32.7 Å². The van der Waals surface area contributed by atoms with Gasteiger partial charge in [-0.15, -0.1) is 0 Å². The molecule has 2 aliphatic heterocycles. The Labute approximate surface area is 104 Å². The average Bonchev–Trinajstić information content (AvgIpc) is 3.12. The van der Waals surface area contributed by atoms with Crippen LogP contribution in [0.1, 0.15) is 19.3 Å². The molecule has 2 N–H and O–H groups in total. The first-order valence-corrected chi connectivity index (χ1v) is 6.04. The molecule has 18 heavy (non-hydrogen) atoms. The van der Waals surface area contributed by atoms with Crippen molar-refractivity contribution in [2.24, 2.45) is 5.73 Å². The summed E-state index contributed by atoms with van der Waals surface area (Å²) in [5.41, 5.74) is 5.58. The predicted molar refractivity (Wildman–Crippen MR) is 58.7 cm³/mol. The second-order valence-corrected chi connectivity index (χ2v) is 4.36. The molecule has 3 unspecified atom stereocenters. The van der Waals surface area contributed by atoms with Crippen LogP contribution in [0.2, 0.25) is 0 Å². The molecule has 0 aromatic carbocycles. The molecule has 7 nitrogen and oxygen atoms in total. The van der Waals surface area contributed by atoms with Crippen molar-refractivity contribution in [2.45, 2.75) is 37.5 Å². The third kappa shape index (κ3) is 3.85. The topological polar surface area (TPSA) is 100 Å². The standard InChI is InChI=1S/C11H17NO6/c12-9(8-6-16-8)10(13)15-4-2-1-3-7-5-17-11(14)18-7/h7-9H,1-6,12H2. The van der Waals surface area contributed by atoms with E-state index in [1.165, 1.54) is 0 Å². The number of nitrogens with two attached hydrogens (primary N) is 1. The Bertz CT molecular complexity index is 317. The number of epoxide rings is 1. The summed E-state index contributed by atoms with van der Waals surface area (Å²) in [7, 11) is 0. The summed E-state index contributed by atoms with van der Waals surface area (Å²) < 4.78 is 19.4. The lowest BCUT2D eigenvalue weighted by atomic mass is 10.2. The fourth-order valence-corrected chi connectivity index (χ4v) is 1.67. The minimum Gasteiger partial charge on any atom is -0.464 e. The van der Waals surface area contributed by atoms with Crippen LogP contribution < -0.4 is 5.73 Å². The van der Waals surface area contributed by atoms with Crippen molar-refractivity contribution in [3.63, 3.8) is 0 Å². The van der Waals surface area contributed by atoms with Crippen molar-refractivity contribution in [3.05, 3.63) is 0 Å². The number of carbonyl (C=O) groups is 2. The molecule has 102 valence electrons. The van der Waals surface area contributed by atoms with Gasteiger partial charge in [0.15, 0.2) is 0 Å². The van der Waals surface area contributed by atoms with E-state index in [1.54, 1.807) is 0 Å². The fraction of sp³-hybridized carbons (Fsp3) is 0.818. The van der Waals surface area contributed by atoms with Gasteiger partial charge in [0, 0.05) is 0 Å². The smallest absolute Gasteiger partial charge is 0.464 e. The Hall–Kier alpha value is -1.34.